The van der Waals surface area contributed by atoms with Crippen LogP contribution < -0.4 is 0 Å². The molecule has 2 unspecified atom stereocenters. The maximum Gasteiger partial charge on any atom is 0.312 e. The van der Waals surface area contributed by atoms with Gasteiger partial charge in [-0.15, -0.1) is 0 Å². The van der Waals surface area contributed by atoms with Crippen LogP contribution in [0.1, 0.15) is 50.5 Å². The minimum Gasteiger partial charge on any atom is -0.462 e. The molecule has 0 amide bonds. The lowest BCUT2D eigenvalue weighted by molar-refractivity contribution is -0.148. The molecule has 0 aromatic heterocycles. The van der Waals surface area contributed by atoms with E-state index >= 15 is 0 Å². The first kappa shape index (κ1) is 13.9. The van der Waals surface area contributed by atoms with E-state index in [2.05, 4.69) is 12.1 Å². The van der Waals surface area contributed by atoms with Crippen molar-refractivity contribution >= 4 is 17.6 Å². The molecule has 2 fully saturated rings. The molecule has 1 saturated carbocycles. The number of unbranched alkanes of at least 4 members (excludes halogenated alkanes) is 1. The summed E-state index contributed by atoms with van der Waals surface area (Å²) < 4.78 is 5.46. The van der Waals surface area contributed by atoms with Crippen LogP contribution in [0.5, 0.6) is 0 Å². The molecule has 3 rings (SSSR count). The maximum absolute atomic E-state index is 12.0. The molecule has 20 heavy (non-hydrogen) atoms. The van der Waals surface area contributed by atoms with Crippen molar-refractivity contribution in [3.8, 4) is 0 Å². The van der Waals surface area contributed by atoms with Crippen LogP contribution in [0.4, 0.5) is 0 Å². The number of halogens is 1. The highest BCUT2D eigenvalue weighted by molar-refractivity contribution is 6.30. The van der Waals surface area contributed by atoms with Crippen LogP contribution in [-0.2, 0) is 16.0 Å². The fraction of sp³-hybridized carbons (Fsp3) is 0.588. The van der Waals surface area contributed by atoms with Crippen LogP contribution in [0, 0.1) is 5.41 Å². The largest absolute Gasteiger partial charge is 0.462 e. The lowest BCUT2D eigenvalue weighted by Crippen LogP contribution is -2.28. The number of hydrogen-bond acceptors (Lipinski definition) is 2. The molecule has 0 radical (unpaired) electrons. The molecule has 2 aliphatic rings. The zero-order valence-electron chi connectivity index (χ0n) is 11.7. The van der Waals surface area contributed by atoms with Crippen LogP contribution in [0.3, 0.4) is 0 Å². The van der Waals surface area contributed by atoms with E-state index in [1.165, 1.54) is 5.56 Å². The molecule has 2 bridgehead atoms. The molecule has 1 heterocycles. The zero-order chi connectivity index (χ0) is 14.0. The number of esters is 1. The van der Waals surface area contributed by atoms with Gasteiger partial charge < -0.3 is 4.74 Å². The predicted octanol–water partition coefficient (Wildman–Crippen LogP) is 4.54. The number of carbonyl (C=O) groups is 1. The van der Waals surface area contributed by atoms with E-state index in [0.29, 0.717) is 0 Å². The highest BCUT2D eigenvalue weighted by Gasteiger charge is 2.50. The number of benzene rings is 1. The summed E-state index contributed by atoms with van der Waals surface area (Å²) >= 11 is 5.88. The van der Waals surface area contributed by atoms with Crippen LogP contribution in [0.2, 0.25) is 5.02 Å². The van der Waals surface area contributed by atoms with Gasteiger partial charge >= 0.3 is 5.97 Å². The molecule has 1 aliphatic carbocycles. The molecule has 108 valence electrons. The summed E-state index contributed by atoms with van der Waals surface area (Å²) in [7, 11) is 0. The molecular formula is C17H21ClO2. The first-order valence-electron chi connectivity index (χ1n) is 7.64. The third-order valence-corrected chi connectivity index (χ3v) is 5.04. The highest BCUT2D eigenvalue weighted by Crippen LogP contribution is 2.48. The van der Waals surface area contributed by atoms with E-state index in [0.717, 1.165) is 56.4 Å². The summed E-state index contributed by atoms with van der Waals surface area (Å²) in [5.41, 5.74) is 1.19. The van der Waals surface area contributed by atoms with Crippen molar-refractivity contribution < 1.29 is 9.53 Å². The second-order valence-corrected chi connectivity index (χ2v) is 6.67. The summed E-state index contributed by atoms with van der Waals surface area (Å²) in [4.78, 5) is 12.0. The molecule has 0 spiro atoms. The molecule has 2 atom stereocenters. The Labute approximate surface area is 125 Å². The van der Waals surface area contributed by atoms with Crippen molar-refractivity contribution in [1.29, 1.82) is 0 Å². The Morgan fingerprint density at radius 2 is 2.05 bits per heavy atom. The molecule has 1 aromatic rings. The predicted molar refractivity (Wildman–Crippen MR) is 79.8 cm³/mol. The normalized spacial score (nSPS) is 28.4. The Bertz CT molecular complexity index is 482. The van der Waals surface area contributed by atoms with Gasteiger partial charge in [0.2, 0.25) is 0 Å². The van der Waals surface area contributed by atoms with Gasteiger partial charge in [-0.1, -0.05) is 30.2 Å². The third-order valence-electron chi connectivity index (χ3n) is 4.79. The quantitative estimate of drug-likeness (QED) is 0.588. The summed E-state index contributed by atoms with van der Waals surface area (Å²) in [6.07, 6.45) is 8.71. The Morgan fingerprint density at radius 1 is 1.25 bits per heavy atom. The molecular weight excluding hydrogens is 272 g/mol. The fourth-order valence-corrected chi connectivity index (χ4v) is 3.77. The smallest absolute Gasteiger partial charge is 0.312 e. The van der Waals surface area contributed by atoms with Crippen LogP contribution in [0.25, 0.3) is 0 Å². The van der Waals surface area contributed by atoms with Gasteiger partial charge in [0.05, 0.1) is 5.41 Å². The molecule has 0 N–H and O–H groups in total. The van der Waals surface area contributed by atoms with Gasteiger partial charge in [0.25, 0.3) is 0 Å². The van der Waals surface area contributed by atoms with Crippen molar-refractivity contribution in [2.75, 3.05) is 0 Å². The Kier molecular flexibility index (Phi) is 4.02. The van der Waals surface area contributed by atoms with E-state index < -0.39 is 0 Å². The van der Waals surface area contributed by atoms with Gasteiger partial charge in [-0.3, -0.25) is 4.79 Å². The number of aryl methyl sites for hydroxylation is 1. The van der Waals surface area contributed by atoms with Gasteiger partial charge in [0.15, 0.2) is 0 Å². The SMILES string of the molecule is O=C1OC2CCCC1(CCCCc1ccc(Cl)cc1)C2. The Balaban J connectivity index is 1.48. The lowest BCUT2D eigenvalue weighted by Gasteiger charge is -2.27. The average Bonchev–Trinajstić information content (AvgIpc) is 2.67. The monoisotopic (exact) mass is 292 g/mol. The standard InChI is InChI=1S/C17H21ClO2/c18-14-8-6-13(7-9-14)4-1-2-10-17-11-3-5-15(12-17)20-16(17)19/h6-9,15H,1-5,10-12H2. The number of carbonyl (C=O) groups excluding carboxylic acids is 1. The Hall–Kier alpha value is -1.02. The van der Waals surface area contributed by atoms with Gasteiger partial charge in [-0.05, 0) is 56.2 Å². The summed E-state index contributed by atoms with van der Waals surface area (Å²) in [6.45, 7) is 0. The second-order valence-electron chi connectivity index (χ2n) is 6.24. The maximum atomic E-state index is 12.0. The number of ether oxygens (including phenoxy) is 1. The summed E-state index contributed by atoms with van der Waals surface area (Å²) in [5.74, 6) is 0.0755. The topological polar surface area (TPSA) is 26.3 Å². The van der Waals surface area contributed by atoms with Crippen LogP contribution >= 0.6 is 11.6 Å². The van der Waals surface area contributed by atoms with Gasteiger partial charge in [-0.25, -0.2) is 0 Å². The van der Waals surface area contributed by atoms with Gasteiger partial charge in [-0.2, -0.15) is 0 Å². The van der Waals surface area contributed by atoms with Crippen molar-refractivity contribution in [3.05, 3.63) is 34.9 Å². The summed E-state index contributed by atoms with van der Waals surface area (Å²) in [6, 6.07) is 8.05. The third kappa shape index (κ3) is 2.85. The fourth-order valence-electron chi connectivity index (χ4n) is 3.64. The van der Waals surface area contributed by atoms with E-state index in [4.69, 9.17) is 16.3 Å². The number of fused-ring (bicyclic) bond motifs is 2. The van der Waals surface area contributed by atoms with Gasteiger partial charge in [0, 0.05) is 11.4 Å². The van der Waals surface area contributed by atoms with E-state index in [1.807, 2.05) is 12.1 Å². The highest BCUT2D eigenvalue weighted by atomic mass is 35.5. The van der Waals surface area contributed by atoms with Crippen LogP contribution in [-0.4, -0.2) is 12.1 Å². The van der Waals surface area contributed by atoms with Crippen molar-refractivity contribution in [1.82, 2.24) is 0 Å². The minimum atomic E-state index is -0.136. The lowest BCUT2D eigenvalue weighted by atomic mass is 9.72. The van der Waals surface area contributed by atoms with Crippen molar-refractivity contribution in [3.63, 3.8) is 0 Å². The van der Waals surface area contributed by atoms with Crippen molar-refractivity contribution in [2.45, 2.75) is 57.5 Å². The molecule has 1 aromatic carbocycles. The Morgan fingerprint density at radius 3 is 2.85 bits per heavy atom. The molecule has 3 heteroatoms. The van der Waals surface area contributed by atoms with Crippen molar-refractivity contribution in [2.24, 2.45) is 5.41 Å². The van der Waals surface area contributed by atoms with E-state index in [1.54, 1.807) is 0 Å². The average molecular weight is 293 g/mol. The summed E-state index contributed by atoms with van der Waals surface area (Å²) in [5, 5.41) is 0.787. The molecule has 1 aliphatic heterocycles. The number of hydrogen-bond donors (Lipinski definition) is 0. The first-order valence-corrected chi connectivity index (χ1v) is 8.01. The zero-order valence-corrected chi connectivity index (χ0v) is 12.5. The second kappa shape index (κ2) is 5.77. The molecule has 2 nitrogen and oxygen atoms in total. The first-order chi connectivity index (χ1) is 9.68. The van der Waals surface area contributed by atoms with Crippen LogP contribution in [0.15, 0.2) is 24.3 Å². The minimum absolute atomic E-state index is 0.0755. The van der Waals surface area contributed by atoms with Gasteiger partial charge in [0.1, 0.15) is 6.10 Å². The van der Waals surface area contributed by atoms with E-state index in [9.17, 15) is 4.79 Å². The molecule has 1 saturated heterocycles. The van der Waals surface area contributed by atoms with E-state index in [-0.39, 0.29) is 17.5 Å². The number of rotatable bonds is 5.